The third-order valence-electron chi connectivity index (χ3n) is 2.87. The molecule has 0 aliphatic rings. The van der Waals surface area contributed by atoms with Crippen LogP contribution >= 0.6 is 11.3 Å². The van der Waals surface area contributed by atoms with Crippen molar-refractivity contribution in [3.05, 3.63) is 57.8 Å². The molecule has 2 aromatic rings. The minimum Gasteiger partial charge on any atom is -0.341 e. The average Bonchev–Trinajstić information content (AvgIpc) is 2.85. The number of hydrogen-bond acceptors (Lipinski definition) is 2. The van der Waals surface area contributed by atoms with Gasteiger partial charge in [0.15, 0.2) is 0 Å². The Labute approximate surface area is 112 Å². The van der Waals surface area contributed by atoms with Gasteiger partial charge in [-0.15, -0.1) is 11.3 Å². The fourth-order valence-electron chi connectivity index (χ4n) is 1.75. The molecule has 0 radical (unpaired) electrons. The molecule has 94 valence electrons. The highest BCUT2D eigenvalue weighted by atomic mass is 32.1. The monoisotopic (exact) mass is 259 g/mol. The minimum atomic E-state index is 0.165. The molecule has 0 bridgehead atoms. The third kappa shape index (κ3) is 3.44. The third-order valence-corrected chi connectivity index (χ3v) is 3.75. The van der Waals surface area contributed by atoms with E-state index in [0.29, 0.717) is 13.0 Å². The Morgan fingerprint density at radius 3 is 2.56 bits per heavy atom. The van der Waals surface area contributed by atoms with Gasteiger partial charge in [0.2, 0.25) is 5.91 Å². The number of nitrogens with zero attached hydrogens (tertiary/aromatic N) is 1. The Hall–Kier alpha value is -1.61. The summed E-state index contributed by atoms with van der Waals surface area (Å²) in [5, 5.41) is 2.00. The van der Waals surface area contributed by atoms with E-state index in [4.69, 9.17) is 0 Å². The van der Waals surface area contributed by atoms with Crippen LogP contribution < -0.4 is 0 Å². The molecule has 1 aromatic heterocycles. The van der Waals surface area contributed by atoms with Crippen LogP contribution in [0.4, 0.5) is 0 Å². The highest BCUT2D eigenvalue weighted by molar-refractivity contribution is 7.10. The van der Waals surface area contributed by atoms with E-state index < -0.39 is 0 Å². The normalized spacial score (nSPS) is 10.3. The van der Waals surface area contributed by atoms with E-state index in [1.165, 1.54) is 11.1 Å². The first-order valence-corrected chi connectivity index (χ1v) is 6.85. The van der Waals surface area contributed by atoms with Gasteiger partial charge in [-0.2, -0.15) is 0 Å². The Balaban J connectivity index is 1.93. The van der Waals surface area contributed by atoms with Gasteiger partial charge in [-0.25, -0.2) is 0 Å². The molecule has 0 aliphatic heterocycles. The largest absolute Gasteiger partial charge is 0.341 e. The van der Waals surface area contributed by atoms with Crippen LogP contribution in [0.3, 0.4) is 0 Å². The van der Waals surface area contributed by atoms with Crippen molar-refractivity contribution in [1.29, 1.82) is 0 Å². The number of rotatable bonds is 4. The average molecular weight is 259 g/mol. The summed E-state index contributed by atoms with van der Waals surface area (Å²) in [6, 6.07) is 12.3. The molecule has 0 aliphatic carbocycles. The van der Waals surface area contributed by atoms with Gasteiger partial charge in [0.25, 0.3) is 0 Å². The van der Waals surface area contributed by atoms with E-state index in [0.717, 1.165) is 4.88 Å². The van der Waals surface area contributed by atoms with Crippen molar-refractivity contribution in [2.75, 3.05) is 7.05 Å². The van der Waals surface area contributed by atoms with E-state index in [-0.39, 0.29) is 5.91 Å². The molecule has 0 atom stereocenters. The summed E-state index contributed by atoms with van der Waals surface area (Å²) in [7, 11) is 1.86. The SMILES string of the molecule is Cc1ccc(CN(C)C(=O)Cc2cccs2)cc1. The highest BCUT2D eigenvalue weighted by Crippen LogP contribution is 2.12. The molecule has 0 unspecified atom stereocenters. The number of carbonyl (C=O) groups is 1. The Kier molecular flexibility index (Phi) is 4.15. The maximum Gasteiger partial charge on any atom is 0.227 e. The zero-order chi connectivity index (χ0) is 13.0. The number of aryl methyl sites for hydroxylation is 1. The van der Waals surface area contributed by atoms with Gasteiger partial charge in [-0.1, -0.05) is 35.9 Å². The van der Waals surface area contributed by atoms with Crippen LogP contribution in [0.25, 0.3) is 0 Å². The van der Waals surface area contributed by atoms with Gasteiger partial charge in [0.1, 0.15) is 0 Å². The van der Waals surface area contributed by atoms with Gasteiger partial charge < -0.3 is 4.90 Å². The highest BCUT2D eigenvalue weighted by Gasteiger charge is 2.10. The van der Waals surface area contributed by atoms with Crippen molar-refractivity contribution < 1.29 is 4.79 Å². The molecule has 18 heavy (non-hydrogen) atoms. The van der Waals surface area contributed by atoms with Gasteiger partial charge >= 0.3 is 0 Å². The zero-order valence-electron chi connectivity index (χ0n) is 10.7. The van der Waals surface area contributed by atoms with Crippen LogP contribution in [0.2, 0.25) is 0 Å². The first-order chi connectivity index (χ1) is 8.65. The Morgan fingerprint density at radius 2 is 1.94 bits per heavy atom. The standard InChI is InChI=1S/C15H17NOS/c1-12-5-7-13(8-6-12)11-16(2)15(17)10-14-4-3-9-18-14/h3-9H,10-11H2,1-2H3. The molecule has 0 saturated heterocycles. The summed E-state index contributed by atoms with van der Waals surface area (Å²) < 4.78 is 0. The van der Waals surface area contributed by atoms with Crippen molar-refractivity contribution >= 4 is 17.2 Å². The van der Waals surface area contributed by atoms with Crippen LogP contribution in [0, 0.1) is 6.92 Å². The van der Waals surface area contributed by atoms with Crippen LogP contribution in [-0.2, 0) is 17.8 Å². The molecule has 0 spiro atoms. The van der Waals surface area contributed by atoms with Gasteiger partial charge in [0, 0.05) is 18.5 Å². The van der Waals surface area contributed by atoms with Crippen molar-refractivity contribution in [3.8, 4) is 0 Å². The molecule has 0 fully saturated rings. The van der Waals surface area contributed by atoms with E-state index >= 15 is 0 Å². The minimum absolute atomic E-state index is 0.165. The molecule has 1 heterocycles. The van der Waals surface area contributed by atoms with Gasteiger partial charge in [-0.3, -0.25) is 4.79 Å². The van der Waals surface area contributed by atoms with Crippen LogP contribution in [0.1, 0.15) is 16.0 Å². The van der Waals surface area contributed by atoms with Crippen LogP contribution in [0.5, 0.6) is 0 Å². The van der Waals surface area contributed by atoms with Crippen molar-refractivity contribution in [1.82, 2.24) is 4.90 Å². The summed E-state index contributed by atoms with van der Waals surface area (Å²) in [4.78, 5) is 14.9. The lowest BCUT2D eigenvalue weighted by Crippen LogP contribution is -2.27. The van der Waals surface area contributed by atoms with Crippen LogP contribution in [0.15, 0.2) is 41.8 Å². The number of thiophene rings is 1. The number of likely N-dealkylation sites (N-methyl/N-ethyl adjacent to an activating group) is 1. The van der Waals surface area contributed by atoms with E-state index in [1.54, 1.807) is 16.2 Å². The molecule has 1 amide bonds. The fraction of sp³-hybridized carbons (Fsp3) is 0.267. The van der Waals surface area contributed by atoms with Gasteiger partial charge in [-0.05, 0) is 23.9 Å². The first kappa shape index (κ1) is 12.8. The number of benzene rings is 1. The first-order valence-electron chi connectivity index (χ1n) is 5.97. The lowest BCUT2D eigenvalue weighted by Gasteiger charge is -2.17. The topological polar surface area (TPSA) is 20.3 Å². The summed E-state index contributed by atoms with van der Waals surface area (Å²) >= 11 is 1.63. The fourth-order valence-corrected chi connectivity index (χ4v) is 2.45. The lowest BCUT2D eigenvalue weighted by molar-refractivity contribution is -0.129. The molecule has 2 nitrogen and oxygen atoms in total. The summed E-state index contributed by atoms with van der Waals surface area (Å²) in [6.45, 7) is 2.74. The summed E-state index contributed by atoms with van der Waals surface area (Å²) in [6.07, 6.45) is 0.500. The predicted molar refractivity (Wildman–Crippen MR) is 75.7 cm³/mol. The van der Waals surface area contributed by atoms with Crippen molar-refractivity contribution in [2.45, 2.75) is 19.9 Å². The number of hydrogen-bond donors (Lipinski definition) is 0. The number of carbonyl (C=O) groups excluding carboxylic acids is 1. The molecule has 1 aromatic carbocycles. The number of amides is 1. The summed E-state index contributed by atoms with van der Waals surface area (Å²) in [5.74, 6) is 0.165. The second-order valence-corrected chi connectivity index (χ2v) is 5.52. The second-order valence-electron chi connectivity index (χ2n) is 4.49. The second kappa shape index (κ2) is 5.83. The quantitative estimate of drug-likeness (QED) is 0.825. The smallest absolute Gasteiger partial charge is 0.227 e. The van der Waals surface area contributed by atoms with Crippen LogP contribution in [-0.4, -0.2) is 17.9 Å². The Morgan fingerprint density at radius 1 is 1.22 bits per heavy atom. The van der Waals surface area contributed by atoms with E-state index in [2.05, 4.69) is 31.2 Å². The van der Waals surface area contributed by atoms with E-state index in [1.807, 2.05) is 24.6 Å². The lowest BCUT2D eigenvalue weighted by atomic mass is 10.1. The molecule has 3 heteroatoms. The maximum atomic E-state index is 12.0. The molecule has 2 rings (SSSR count). The molecule has 0 saturated carbocycles. The molecular formula is C15H17NOS. The molecule has 0 N–H and O–H groups in total. The van der Waals surface area contributed by atoms with Crippen molar-refractivity contribution in [3.63, 3.8) is 0 Å². The predicted octanol–water partition coefficient (Wildman–Crippen LogP) is 3.26. The molecular weight excluding hydrogens is 242 g/mol. The van der Waals surface area contributed by atoms with E-state index in [9.17, 15) is 4.79 Å². The van der Waals surface area contributed by atoms with Crippen molar-refractivity contribution in [2.24, 2.45) is 0 Å². The Bertz CT molecular complexity index is 502. The van der Waals surface area contributed by atoms with Gasteiger partial charge in [0.05, 0.1) is 6.42 Å². The maximum absolute atomic E-state index is 12.0. The zero-order valence-corrected chi connectivity index (χ0v) is 11.5. The summed E-state index contributed by atoms with van der Waals surface area (Å²) in [5.41, 5.74) is 2.41.